The molecule has 1 aromatic heterocycles. The van der Waals surface area contributed by atoms with Crippen LogP contribution in [0.3, 0.4) is 0 Å². The minimum Gasteiger partial charge on any atom is -0.508 e. The van der Waals surface area contributed by atoms with Gasteiger partial charge in [-0.05, 0) is 31.2 Å². The topological polar surface area (TPSA) is 62.5 Å². The van der Waals surface area contributed by atoms with Crippen molar-refractivity contribution in [1.82, 2.24) is 0 Å². The van der Waals surface area contributed by atoms with E-state index >= 15 is 0 Å². The number of hydrogen-bond acceptors (Lipinski definition) is 3. The maximum Gasteiger partial charge on any atom is 0.291 e. The summed E-state index contributed by atoms with van der Waals surface area (Å²) in [6.07, 6.45) is 0. The van der Waals surface area contributed by atoms with E-state index in [1.54, 1.807) is 19.1 Å². The first kappa shape index (κ1) is 11.5. The summed E-state index contributed by atoms with van der Waals surface area (Å²) in [5.74, 6) is 0.533. The summed E-state index contributed by atoms with van der Waals surface area (Å²) in [7, 11) is 0. The number of nitrogens with one attached hydrogen (secondary N) is 1. The Balaban J connectivity index is 2.18. The summed E-state index contributed by atoms with van der Waals surface area (Å²) < 4.78 is 5.18. The molecule has 1 aromatic carbocycles. The highest BCUT2D eigenvalue weighted by Gasteiger charge is 2.12. The van der Waals surface area contributed by atoms with E-state index in [1.807, 2.05) is 0 Å². The molecule has 0 spiro atoms. The van der Waals surface area contributed by atoms with Gasteiger partial charge in [0, 0.05) is 6.07 Å². The molecule has 17 heavy (non-hydrogen) atoms. The van der Waals surface area contributed by atoms with Crippen molar-refractivity contribution < 1.29 is 14.3 Å². The van der Waals surface area contributed by atoms with Crippen LogP contribution in [-0.2, 0) is 0 Å². The SMILES string of the molecule is Cc1ccc(C(=O)Nc2ccc(O)cc2Cl)o1. The number of rotatable bonds is 2. The van der Waals surface area contributed by atoms with Crippen LogP contribution in [0.5, 0.6) is 5.75 Å². The number of carbonyl (C=O) groups is 1. The highest BCUT2D eigenvalue weighted by atomic mass is 35.5. The fraction of sp³-hybridized carbons (Fsp3) is 0.0833. The Morgan fingerprint density at radius 1 is 1.35 bits per heavy atom. The smallest absolute Gasteiger partial charge is 0.291 e. The fourth-order valence-electron chi connectivity index (χ4n) is 1.35. The van der Waals surface area contributed by atoms with E-state index < -0.39 is 0 Å². The van der Waals surface area contributed by atoms with Crippen molar-refractivity contribution in [3.8, 4) is 5.75 Å². The molecule has 4 nitrogen and oxygen atoms in total. The zero-order valence-corrected chi connectivity index (χ0v) is 9.78. The van der Waals surface area contributed by atoms with Crippen molar-refractivity contribution in [3.05, 3.63) is 46.9 Å². The number of aromatic hydroxyl groups is 1. The molecule has 0 radical (unpaired) electrons. The number of amides is 1. The number of anilines is 1. The lowest BCUT2D eigenvalue weighted by Crippen LogP contribution is -2.11. The van der Waals surface area contributed by atoms with Crippen LogP contribution in [0, 0.1) is 6.92 Å². The molecule has 88 valence electrons. The number of halogens is 1. The van der Waals surface area contributed by atoms with Crippen LogP contribution in [0.1, 0.15) is 16.3 Å². The second-order valence-corrected chi connectivity index (χ2v) is 3.94. The van der Waals surface area contributed by atoms with Gasteiger partial charge in [-0.2, -0.15) is 0 Å². The number of hydrogen-bond donors (Lipinski definition) is 2. The predicted molar refractivity (Wildman–Crippen MR) is 64.5 cm³/mol. The normalized spacial score (nSPS) is 10.2. The van der Waals surface area contributed by atoms with Crippen molar-refractivity contribution >= 4 is 23.2 Å². The predicted octanol–water partition coefficient (Wildman–Crippen LogP) is 3.20. The van der Waals surface area contributed by atoms with Crippen LogP contribution in [0.25, 0.3) is 0 Å². The van der Waals surface area contributed by atoms with E-state index in [9.17, 15) is 9.90 Å². The first-order valence-electron chi connectivity index (χ1n) is 4.92. The van der Waals surface area contributed by atoms with Gasteiger partial charge in [-0.1, -0.05) is 11.6 Å². The lowest BCUT2D eigenvalue weighted by molar-refractivity contribution is 0.0995. The summed E-state index contributed by atoms with van der Waals surface area (Å²) in [4.78, 5) is 11.7. The first-order chi connectivity index (χ1) is 8.06. The summed E-state index contributed by atoms with van der Waals surface area (Å²) in [5.41, 5.74) is 0.420. The van der Waals surface area contributed by atoms with Gasteiger partial charge in [0.15, 0.2) is 5.76 Å². The second-order valence-electron chi connectivity index (χ2n) is 3.53. The Kier molecular flexibility index (Phi) is 3.06. The fourth-order valence-corrected chi connectivity index (χ4v) is 1.57. The Labute approximate surface area is 103 Å². The summed E-state index contributed by atoms with van der Waals surface area (Å²) in [6, 6.07) is 7.59. The van der Waals surface area contributed by atoms with Gasteiger partial charge in [0.1, 0.15) is 11.5 Å². The standard InChI is InChI=1S/C12H10ClNO3/c1-7-2-5-11(17-7)12(16)14-10-4-3-8(15)6-9(10)13/h2-6,15H,1H3,(H,14,16). The van der Waals surface area contributed by atoms with Gasteiger partial charge >= 0.3 is 0 Å². The number of furan rings is 1. The van der Waals surface area contributed by atoms with Crippen LogP contribution in [0.4, 0.5) is 5.69 Å². The van der Waals surface area contributed by atoms with E-state index in [1.165, 1.54) is 18.2 Å². The van der Waals surface area contributed by atoms with Gasteiger partial charge in [0.25, 0.3) is 5.91 Å². The van der Waals surface area contributed by atoms with Crippen molar-refractivity contribution in [2.75, 3.05) is 5.32 Å². The van der Waals surface area contributed by atoms with Gasteiger partial charge in [0.2, 0.25) is 0 Å². The molecule has 1 amide bonds. The lowest BCUT2D eigenvalue weighted by atomic mass is 10.3. The summed E-state index contributed by atoms with van der Waals surface area (Å²) in [6.45, 7) is 1.75. The van der Waals surface area contributed by atoms with Crippen molar-refractivity contribution in [1.29, 1.82) is 0 Å². The molecule has 2 rings (SSSR count). The zero-order valence-electron chi connectivity index (χ0n) is 9.03. The molecule has 0 bridgehead atoms. The molecular weight excluding hydrogens is 242 g/mol. The molecule has 2 N–H and O–H groups in total. The number of phenols is 1. The van der Waals surface area contributed by atoms with Crippen molar-refractivity contribution in [3.63, 3.8) is 0 Å². The molecule has 0 saturated heterocycles. The zero-order chi connectivity index (χ0) is 12.4. The van der Waals surface area contributed by atoms with Crippen LogP contribution < -0.4 is 5.32 Å². The minimum atomic E-state index is -0.384. The monoisotopic (exact) mass is 251 g/mol. The number of benzene rings is 1. The van der Waals surface area contributed by atoms with Crippen LogP contribution >= 0.6 is 11.6 Å². The van der Waals surface area contributed by atoms with Crippen LogP contribution in [-0.4, -0.2) is 11.0 Å². The largest absolute Gasteiger partial charge is 0.508 e. The minimum absolute atomic E-state index is 0.0434. The molecule has 0 unspecified atom stereocenters. The molecular formula is C12H10ClNO3. The van der Waals surface area contributed by atoms with Crippen LogP contribution in [0.15, 0.2) is 34.7 Å². The molecule has 0 saturated carbocycles. The van der Waals surface area contributed by atoms with Gasteiger partial charge in [-0.3, -0.25) is 4.79 Å². The van der Waals surface area contributed by atoms with E-state index in [2.05, 4.69) is 5.32 Å². The van der Waals surface area contributed by atoms with Crippen LogP contribution in [0.2, 0.25) is 5.02 Å². The molecule has 0 aliphatic rings. The number of aryl methyl sites for hydroxylation is 1. The van der Waals surface area contributed by atoms with Gasteiger partial charge in [-0.25, -0.2) is 0 Å². The maximum atomic E-state index is 11.7. The number of phenolic OH excluding ortho intramolecular Hbond substituents is 1. The average Bonchev–Trinajstić information content (AvgIpc) is 2.69. The van der Waals surface area contributed by atoms with Gasteiger partial charge in [-0.15, -0.1) is 0 Å². The third kappa shape index (κ3) is 2.60. The van der Waals surface area contributed by atoms with E-state index in [-0.39, 0.29) is 22.4 Å². The molecule has 0 aliphatic carbocycles. The summed E-state index contributed by atoms with van der Waals surface area (Å²) >= 11 is 5.86. The second kappa shape index (κ2) is 4.51. The third-order valence-electron chi connectivity index (χ3n) is 2.17. The Morgan fingerprint density at radius 3 is 2.71 bits per heavy atom. The van der Waals surface area contributed by atoms with Gasteiger partial charge < -0.3 is 14.8 Å². The third-order valence-corrected chi connectivity index (χ3v) is 2.48. The molecule has 5 heteroatoms. The average molecular weight is 252 g/mol. The Morgan fingerprint density at radius 2 is 2.12 bits per heavy atom. The first-order valence-corrected chi connectivity index (χ1v) is 5.30. The molecule has 0 aliphatic heterocycles. The lowest BCUT2D eigenvalue weighted by Gasteiger charge is -2.05. The molecule has 1 heterocycles. The van der Waals surface area contributed by atoms with E-state index in [0.717, 1.165) is 0 Å². The Bertz CT molecular complexity index is 563. The molecule has 0 atom stereocenters. The highest BCUT2D eigenvalue weighted by molar-refractivity contribution is 6.34. The van der Waals surface area contributed by atoms with E-state index in [4.69, 9.17) is 16.0 Å². The molecule has 0 fully saturated rings. The Hall–Kier alpha value is -1.94. The molecule has 2 aromatic rings. The quantitative estimate of drug-likeness (QED) is 0.806. The summed E-state index contributed by atoms with van der Waals surface area (Å²) in [5, 5.41) is 12.0. The number of carbonyl (C=O) groups excluding carboxylic acids is 1. The van der Waals surface area contributed by atoms with Gasteiger partial charge in [0.05, 0.1) is 10.7 Å². The maximum absolute atomic E-state index is 11.7. The van der Waals surface area contributed by atoms with Crippen molar-refractivity contribution in [2.45, 2.75) is 6.92 Å². The van der Waals surface area contributed by atoms with E-state index in [0.29, 0.717) is 11.4 Å². The highest BCUT2D eigenvalue weighted by Crippen LogP contribution is 2.26. The van der Waals surface area contributed by atoms with Crippen molar-refractivity contribution in [2.24, 2.45) is 0 Å².